The molecule has 5 rings (SSSR count). The van der Waals surface area contributed by atoms with Crippen LogP contribution in [0.15, 0.2) is 113 Å². The second-order valence-electron chi connectivity index (χ2n) is 9.64. The number of anilines is 1. The molecule has 0 bridgehead atoms. The van der Waals surface area contributed by atoms with Gasteiger partial charge >= 0.3 is 6.03 Å². The van der Waals surface area contributed by atoms with E-state index in [4.69, 9.17) is 0 Å². The smallest absolute Gasteiger partial charge is 0.319 e. The summed E-state index contributed by atoms with van der Waals surface area (Å²) in [5, 5.41) is 16.2. The van der Waals surface area contributed by atoms with Crippen molar-refractivity contribution in [2.75, 3.05) is 5.32 Å². The lowest BCUT2D eigenvalue weighted by Gasteiger charge is -2.21. The quantitative estimate of drug-likeness (QED) is 0.165. The zero-order chi connectivity index (χ0) is 27.9. The van der Waals surface area contributed by atoms with E-state index in [1.807, 2.05) is 42.5 Å². The van der Waals surface area contributed by atoms with Crippen LogP contribution in [-0.4, -0.2) is 20.8 Å². The molecular formula is C32H30BrN5OS. The third-order valence-corrected chi connectivity index (χ3v) is 7.93. The van der Waals surface area contributed by atoms with Crippen LogP contribution in [0.5, 0.6) is 0 Å². The molecule has 0 aliphatic rings. The zero-order valence-corrected chi connectivity index (χ0v) is 24.7. The number of nitrogens with one attached hydrogen (secondary N) is 2. The third kappa shape index (κ3) is 7.20. The number of carbonyl (C=O) groups is 1. The first kappa shape index (κ1) is 27.7. The van der Waals surface area contributed by atoms with Crippen LogP contribution >= 0.6 is 27.7 Å². The van der Waals surface area contributed by atoms with E-state index in [0.29, 0.717) is 17.9 Å². The van der Waals surface area contributed by atoms with Crippen molar-refractivity contribution >= 4 is 39.4 Å². The van der Waals surface area contributed by atoms with Crippen molar-refractivity contribution in [2.45, 2.75) is 37.2 Å². The van der Waals surface area contributed by atoms with E-state index in [0.717, 1.165) is 26.6 Å². The minimum Gasteiger partial charge on any atom is -0.327 e. The number of benzene rings is 4. The number of amides is 2. The maximum absolute atomic E-state index is 13.2. The lowest BCUT2D eigenvalue weighted by atomic mass is 10.1. The molecule has 0 saturated heterocycles. The van der Waals surface area contributed by atoms with Crippen molar-refractivity contribution in [1.82, 2.24) is 20.1 Å². The minimum atomic E-state index is -0.431. The van der Waals surface area contributed by atoms with Crippen LogP contribution in [0.4, 0.5) is 10.5 Å². The Bertz CT molecular complexity index is 1570. The van der Waals surface area contributed by atoms with Crippen molar-refractivity contribution in [2.24, 2.45) is 0 Å². The molecule has 1 heterocycles. The summed E-state index contributed by atoms with van der Waals surface area (Å²) in [6.45, 7) is 4.16. The van der Waals surface area contributed by atoms with E-state index in [1.165, 1.54) is 16.7 Å². The minimum absolute atomic E-state index is 0.310. The van der Waals surface area contributed by atoms with Gasteiger partial charge in [0.15, 0.2) is 11.0 Å². The average Bonchev–Trinajstić information content (AvgIpc) is 3.38. The number of nitrogens with zero attached hydrogens (tertiary/aromatic N) is 3. The molecule has 2 N–H and O–H groups in total. The second kappa shape index (κ2) is 13.0. The number of aryl methyl sites for hydroxylation is 2. The van der Waals surface area contributed by atoms with Crippen LogP contribution in [0.3, 0.4) is 0 Å². The molecule has 0 saturated carbocycles. The van der Waals surface area contributed by atoms with Gasteiger partial charge in [-0.05, 0) is 61.4 Å². The summed E-state index contributed by atoms with van der Waals surface area (Å²) in [4.78, 5) is 13.2. The molecule has 0 spiro atoms. The zero-order valence-electron chi connectivity index (χ0n) is 22.3. The van der Waals surface area contributed by atoms with Crippen molar-refractivity contribution in [3.63, 3.8) is 0 Å². The molecule has 40 heavy (non-hydrogen) atoms. The predicted molar refractivity (Wildman–Crippen MR) is 166 cm³/mol. The number of halogens is 1. The molecule has 0 fully saturated rings. The van der Waals surface area contributed by atoms with E-state index < -0.39 is 6.04 Å². The second-order valence-corrected chi connectivity index (χ2v) is 11.5. The number of thioether (sulfide) groups is 1. The molecule has 6 nitrogen and oxygen atoms in total. The van der Waals surface area contributed by atoms with E-state index in [1.54, 1.807) is 11.8 Å². The summed E-state index contributed by atoms with van der Waals surface area (Å²) in [6.07, 6.45) is 0.557. The Morgan fingerprint density at radius 2 is 1.57 bits per heavy atom. The van der Waals surface area contributed by atoms with Crippen LogP contribution < -0.4 is 10.6 Å². The van der Waals surface area contributed by atoms with E-state index in [-0.39, 0.29) is 6.03 Å². The highest BCUT2D eigenvalue weighted by Gasteiger charge is 2.25. The normalized spacial score (nSPS) is 11.7. The number of urea groups is 1. The molecule has 202 valence electrons. The number of carbonyl (C=O) groups excluding carboxylic acids is 1. The van der Waals surface area contributed by atoms with Gasteiger partial charge in [0.2, 0.25) is 0 Å². The van der Waals surface area contributed by atoms with E-state index in [9.17, 15) is 4.79 Å². The Labute approximate surface area is 247 Å². The molecule has 1 atom stereocenters. The Kier molecular flexibility index (Phi) is 8.98. The predicted octanol–water partition coefficient (Wildman–Crippen LogP) is 8.04. The van der Waals surface area contributed by atoms with Crippen LogP contribution in [0.25, 0.3) is 5.69 Å². The first-order valence-electron chi connectivity index (χ1n) is 13.0. The standard InChI is InChI=1S/C32H30BrN5OS/c1-22-11-17-28(18-12-22)38-30(36-37-32(38)40-21-25-10-6-7-23(2)19-25)29(20-24-8-4-3-5-9-24)35-31(39)34-27-15-13-26(33)14-16-27/h3-19,29H,20-21H2,1-2H3,(H2,34,35,39). The first-order chi connectivity index (χ1) is 19.4. The monoisotopic (exact) mass is 611 g/mol. The van der Waals surface area contributed by atoms with Crippen molar-refractivity contribution in [1.29, 1.82) is 0 Å². The van der Waals surface area contributed by atoms with E-state index >= 15 is 0 Å². The fraction of sp³-hybridized carbons (Fsp3) is 0.156. The maximum Gasteiger partial charge on any atom is 0.319 e. The Morgan fingerprint density at radius 1 is 0.850 bits per heavy atom. The molecule has 5 aromatic rings. The molecule has 2 amide bonds. The molecule has 1 aromatic heterocycles. The van der Waals surface area contributed by atoms with Gasteiger partial charge in [0.05, 0.1) is 6.04 Å². The Balaban J connectivity index is 1.49. The number of aromatic nitrogens is 3. The number of hydrogen-bond acceptors (Lipinski definition) is 4. The van der Waals surface area contributed by atoms with Gasteiger partial charge in [-0.25, -0.2) is 4.79 Å². The van der Waals surface area contributed by atoms with Crippen molar-refractivity contribution < 1.29 is 4.79 Å². The summed E-state index contributed by atoms with van der Waals surface area (Å²) in [5.74, 6) is 1.43. The van der Waals surface area contributed by atoms with Gasteiger partial charge in [-0.1, -0.05) is 106 Å². The van der Waals surface area contributed by atoms with Crippen molar-refractivity contribution in [3.05, 3.63) is 136 Å². The summed E-state index contributed by atoms with van der Waals surface area (Å²) in [6, 6.07) is 33.6. The lowest BCUT2D eigenvalue weighted by molar-refractivity contribution is 0.247. The lowest BCUT2D eigenvalue weighted by Crippen LogP contribution is -2.35. The average molecular weight is 613 g/mol. The van der Waals surface area contributed by atoms with Gasteiger partial charge in [0.25, 0.3) is 0 Å². The Morgan fingerprint density at radius 3 is 2.30 bits per heavy atom. The maximum atomic E-state index is 13.2. The van der Waals surface area contributed by atoms with Gasteiger partial charge in [-0.15, -0.1) is 10.2 Å². The van der Waals surface area contributed by atoms with Gasteiger partial charge in [0, 0.05) is 28.0 Å². The van der Waals surface area contributed by atoms with E-state index in [2.05, 4.69) is 116 Å². The van der Waals surface area contributed by atoms with Gasteiger partial charge in [-0.2, -0.15) is 0 Å². The Hall–Kier alpha value is -3.88. The van der Waals surface area contributed by atoms with Crippen LogP contribution in [0, 0.1) is 13.8 Å². The third-order valence-electron chi connectivity index (χ3n) is 6.40. The summed E-state index contributed by atoms with van der Waals surface area (Å²) in [5.41, 5.74) is 6.35. The summed E-state index contributed by atoms with van der Waals surface area (Å²) in [7, 11) is 0. The van der Waals surface area contributed by atoms with Crippen molar-refractivity contribution in [3.8, 4) is 5.69 Å². The molecule has 1 unspecified atom stereocenters. The molecular weight excluding hydrogens is 582 g/mol. The molecule has 0 aliphatic heterocycles. The molecule has 0 radical (unpaired) electrons. The largest absolute Gasteiger partial charge is 0.327 e. The highest BCUT2D eigenvalue weighted by atomic mass is 79.9. The van der Waals surface area contributed by atoms with Crippen LogP contribution in [0.1, 0.15) is 34.1 Å². The highest BCUT2D eigenvalue weighted by Crippen LogP contribution is 2.29. The SMILES string of the molecule is Cc1ccc(-n2c(SCc3cccc(C)c3)nnc2C(Cc2ccccc2)NC(=O)Nc2ccc(Br)cc2)cc1. The molecule has 4 aromatic carbocycles. The highest BCUT2D eigenvalue weighted by molar-refractivity contribution is 9.10. The number of rotatable bonds is 9. The topological polar surface area (TPSA) is 71.8 Å². The van der Waals surface area contributed by atoms with Crippen LogP contribution in [0.2, 0.25) is 0 Å². The molecule has 8 heteroatoms. The summed E-state index contributed by atoms with van der Waals surface area (Å²) >= 11 is 5.07. The van der Waals surface area contributed by atoms with Gasteiger partial charge in [0.1, 0.15) is 0 Å². The fourth-order valence-corrected chi connectivity index (χ4v) is 5.57. The fourth-order valence-electron chi connectivity index (χ4n) is 4.40. The van der Waals surface area contributed by atoms with Gasteiger partial charge < -0.3 is 10.6 Å². The number of hydrogen-bond donors (Lipinski definition) is 2. The van der Waals surface area contributed by atoms with Crippen LogP contribution in [-0.2, 0) is 12.2 Å². The summed E-state index contributed by atoms with van der Waals surface area (Å²) < 4.78 is 3.01. The van der Waals surface area contributed by atoms with Gasteiger partial charge in [-0.3, -0.25) is 4.57 Å². The molecule has 0 aliphatic carbocycles. The first-order valence-corrected chi connectivity index (χ1v) is 14.8.